The molecular weight excluding hydrogens is 400 g/mol. The highest BCUT2D eigenvalue weighted by molar-refractivity contribution is 7.22. The van der Waals surface area contributed by atoms with Crippen LogP contribution in [0.25, 0.3) is 31.9 Å². The molecule has 0 radical (unpaired) electrons. The first-order valence-corrected chi connectivity index (χ1v) is 10.2. The summed E-state index contributed by atoms with van der Waals surface area (Å²) >= 11 is 1.57. The zero-order chi connectivity index (χ0) is 20.8. The smallest absolute Gasteiger partial charge is 0.255 e. The van der Waals surface area contributed by atoms with Crippen LogP contribution in [0.2, 0.25) is 0 Å². The quantitative estimate of drug-likeness (QED) is 0.449. The number of hydrogen-bond donors (Lipinski definition) is 1. The maximum Gasteiger partial charge on any atom is 0.255 e. The number of benzene rings is 1. The van der Waals surface area contributed by atoms with Crippen LogP contribution in [0.4, 0.5) is 0 Å². The van der Waals surface area contributed by atoms with Crippen LogP contribution >= 0.6 is 11.3 Å². The fourth-order valence-corrected chi connectivity index (χ4v) is 4.65. The van der Waals surface area contributed by atoms with E-state index in [4.69, 9.17) is 9.15 Å². The summed E-state index contributed by atoms with van der Waals surface area (Å²) < 4.78 is 15.0. The van der Waals surface area contributed by atoms with Gasteiger partial charge in [0.1, 0.15) is 28.7 Å². The van der Waals surface area contributed by atoms with Crippen molar-refractivity contribution in [3.8, 4) is 22.2 Å². The number of thiophene rings is 1. The predicted octanol–water partition coefficient (Wildman–Crippen LogP) is 4.90. The summed E-state index contributed by atoms with van der Waals surface area (Å²) in [6, 6.07) is 9.35. The standard InChI is InChI=1S/C22H18N4O3S/c1-12-18(22(27)23-2)19-14(28-12)5-4-6-15(19)29-16-7-8-24-13-11-17(30-20(13)16)21-25-9-10-26(21)3/h4-11H,1-3H3,(H,23,27). The maximum atomic E-state index is 12.4. The van der Waals surface area contributed by atoms with Crippen molar-refractivity contribution >= 4 is 38.4 Å². The van der Waals surface area contributed by atoms with Gasteiger partial charge in [-0.3, -0.25) is 9.78 Å². The van der Waals surface area contributed by atoms with Crippen LogP contribution in [0.3, 0.4) is 0 Å². The number of pyridine rings is 1. The summed E-state index contributed by atoms with van der Waals surface area (Å²) in [5.74, 6) is 2.43. The number of carbonyl (C=O) groups is 1. The number of carbonyl (C=O) groups excluding carboxylic acids is 1. The molecule has 0 fully saturated rings. The summed E-state index contributed by atoms with van der Waals surface area (Å²) in [4.78, 5) is 22.4. The van der Waals surface area contributed by atoms with Gasteiger partial charge in [-0.2, -0.15) is 0 Å². The molecule has 5 aromatic rings. The highest BCUT2D eigenvalue weighted by Crippen LogP contribution is 2.41. The fourth-order valence-electron chi connectivity index (χ4n) is 3.54. The van der Waals surface area contributed by atoms with Gasteiger partial charge >= 0.3 is 0 Å². The van der Waals surface area contributed by atoms with E-state index in [-0.39, 0.29) is 5.91 Å². The molecule has 7 nitrogen and oxygen atoms in total. The number of fused-ring (bicyclic) bond motifs is 2. The number of aryl methyl sites for hydroxylation is 2. The Labute approximate surface area is 175 Å². The van der Waals surface area contributed by atoms with E-state index in [9.17, 15) is 4.79 Å². The topological polar surface area (TPSA) is 82.2 Å². The zero-order valence-electron chi connectivity index (χ0n) is 16.6. The number of amides is 1. The second kappa shape index (κ2) is 7.00. The van der Waals surface area contributed by atoms with E-state index >= 15 is 0 Å². The number of ether oxygens (including phenoxy) is 1. The van der Waals surface area contributed by atoms with Gasteiger partial charge in [0.15, 0.2) is 0 Å². The van der Waals surface area contributed by atoms with Gasteiger partial charge in [-0.1, -0.05) is 6.07 Å². The average Bonchev–Trinajstić information content (AvgIpc) is 3.43. The van der Waals surface area contributed by atoms with Crippen LogP contribution in [0, 0.1) is 6.92 Å². The van der Waals surface area contributed by atoms with Crippen molar-refractivity contribution in [1.82, 2.24) is 19.9 Å². The van der Waals surface area contributed by atoms with Crippen molar-refractivity contribution in [2.24, 2.45) is 7.05 Å². The second-order valence-electron chi connectivity index (χ2n) is 6.84. The Morgan fingerprint density at radius 2 is 2.07 bits per heavy atom. The van der Waals surface area contributed by atoms with Crippen molar-refractivity contribution in [3.63, 3.8) is 0 Å². The first kappa shape index (κ1) is 18.4. The third-order valence-electron chi connectivity index (χ3n) is 4.94. The van der Waals surface area contributed by atoms with E-state index in [0.29, 0.717) is 33.8 Å². The molecule has 4 aromatic heterocycles. The summed E-state index contributed by atoms with van der Waals surface area (Å²) in [6.07, 6.45) is 5.40. The van der Waals surface area contributed by atoms with Gasteiger partial charge in [0.25, 0.3) is 5.91 Å². The maximum absolute atomic E-state index is 12.4. The minimum absolute atomic E-state index is 0.213. The third kappa shape index (κ3) is 2.84. The molecule has 0 saturated heterocycles. The molecule has 0 saturated carbocycles. The lowest BCUT2D eigenvalue weighted by Crippen LogP contribution is -2.18. The van der Waals surface area contributed by atoms with E-state index < -0.39 is 0 Å². The Bertz CT molecular complexity index is 1410. The summed E-state index contributed by atoms with van der Waals surface area (Å²) in [5.41, 5.74) is 1.92. The van der Waals surface area contributed by atoms with Crippen molar-refractivity contribution in [2.45, 2.75) is 6.92 Å². The molecule has 8 heteroatoms. The Kier molecular flexibility index (Phi) is 4.29. The molecule has 1 aromatic carbocycles. The first-order valence-electron chi connectivity index (χ1n) is 9.35. The molecule has 4 heterocycles. The Morgan fingerprint density at radius 3 is 2.83 bits per heavy atom. The molecule has 5 rings (SSSR count). The normalized spacial score (nSPS) is 11.3. The minimum Gasteiger partial charge on any atom is -0.460 e. The summed E-state index contributed by atoms with van der Waals surface area (Å²) in [6.45, 7) is 1.78. The molecule has 0 atom stereocenters. The number of imidazole rings is 1. The summed E-state index contributed by atoms with van der Waals surface area (Å²) in [7, 11) is 3.56. The highest BCUT2D eigenvalue weighted by atomic mass is 32.1. The van der Waals surface area contributed by atoms with Gasteiger partial charge in [-0.05, 0) is 25.1 Å². The number of nitrogens with zero attached hydrogens (tertiary/aromatic N) is 3. The summed E-state index contributed by atoms with van der Waals surface area (Å²) in [5, 5.41) is 3.33. The number of hydrogen-bond acceptors (Lipinski definition) is 6. The monoisotopic (exact) mass is 418 g/mol. The minimum atomic E-state index is -0.213. The average molecular weight is 418 g/mol. The number of rotatable bonds is 4. The zero-order valence-corrected chi connectivity index (χ0v) is 17.4. The molecular formula is C22H18N4O3S. The Hall–Kier alpha value is -3.65. The largest absolute Gasteiger partial charge is 0.460 e. The van der Waals surface area contributed by atoms with Gasteiger partial charge in [-0.25, -0.2) is 4.98 Å². The SMILES string of the molecule is CNC(=O)c1c(C)oc2cccc(Oc3ccnc4cc(-c5nccn5C)sc34)c12. The third-order valence-corrected chi connectivity index (χ3v) is 6.08. The number of nitrogens with one attached hydrogen (secondary N) is 1. The Morgan fingerprint density at radius 1 is 1.20 bits per heavy atom. The lowest BCUT2D eigenvalue weighted by molar-refractivity contribution is 0.0963. The fraction of sp³-hybridized carbons (Fsp3) is 0.136. The predicted molar refractivity (Wildman–Crippen MR) is 116 cm³/mol. The highest BCUT2D eigenvalue weighted by Gasteiger charge is 2.22. The van der Waals surface area contributed by atoms with Crippen LogP contribution in [0.5, 0.6) is 11.5 Å². The molecule has 0 aliphatic rings. The van der Waals surface area contributed by atoms with Crippen molar-refractivity contribution in [3.05, 3.63) is 60.2 Å². The van der Waals surface area contributed by atoms with E-state index in [1.165, 1.54) is 0 Å². The first-order chi connectivity index (χ1) is 14.6. The van der Waals surface area contributed by atoms with Crippen LogP contribution in [0.1, 0.15) is 16.1 Å². The molecule has 0 aliphatic carbocycles. The van der Waals surface area contributed by atoms with Crippen LogP contribution in [0.15, 0.2) is 53.3 Å². The van der Waals surface area contributed by atoms with Gasteiger partial charge < -0.3 is 19.0 Å². The van der Waals surface area contributed by atoms with Gasteiger partial charge in [0.2, 0.25) is 0 Å². The second-order valence-corrected chi connectivity index (χ2v) is 7.89. The number of furan rings is 1. The molecule has 0 bridgehead atoms. The molecule has 30 heavy (non-hydrogen) atoms. The van der Waals surface area contributed by atoms with E-state index in [2.05, 4.69) is 15.3 Å². The lowest BCUT2D eigenvalue weighted by atomic mass is 10.1. The van der Waals surface area contributed by atoms with E-state index in [1.807, 2.05) is 48.1 Å². The molecule has 1 amide bonds. The van der Waals surface area contributed by atoms with Crippen LogP contribution in [-0.4, -0.2) is 27.5 Å². The van der Waals surface area contributed by atoms with Crippen LogP contribution < -0.4 is 10.1 Å². The van der Waals surface area contributed by atoms with E-state index in [0.717, 1.165) is 20.9 Å². The van der Waals surface area contributed by atoms with Crippen LogP contribution in [-0.2, 0) is 7.05 Å². The Balaban J connectivity index is 1.65. The molecule has 1 N–H and O–H groups in total. The number of aromatic nitrogens is 3. The van der Waals surface area contributed by atoms with Gasteiger partial charge in [0, 0.05) is 38.8 Å². The van der Waals surface area contributed by atoms with Crippen molar-refractivity contribution in [1.29, 1.82) is 0 Å². The van der Waals surface area contributed by atoms with Crippen molar-refractivity contribution in [2.75, 3.05) is 7.05 Å². The lowest BCUT2D eigenvalue weighted by Gasteiger charge is -2.08. The van der Waals surface area contributed by atoms with Gasteiger partial charge in [0.05, 0.1) is 26.0 Å². The molecule has 0 unspecified atom stereocenters. The molecule has 0 spiro atoms. The van der Waals surface area contributed by atoms with Gasteiger partial charge in [-0.15, -0.1) is 11.3 Å². The van der Waals surface area contributed by atoms with E-state index in [1.54, 1.807) is 37.7 Å². The molecule has 150 valence electrons. The van der Waals surface area contributed by atoms with Crippen molar-refractivity contribution < 1.29 is 13.9 Å². The molecule has 0 aliphatic heterocycles.